The third-order valence-corrected chi connectivity index (χ3v) is 4.54. The average Bonchev–Trinajstić information content (AvgIpc) is 2.68. The molecule has 6 nitrogen and oxygen atoms in total. The minimum atomic E-state index is -0.366. The summed E-state index contributed by atoms with van der Waals surface area (Å²) in [5.41, 5.74) is 10.1. The van der Waals surface area contributed by atoms with Crippen molar-refractivity contribution in [2.45, 2.75) is 27.4 Å². The highest BCUT2D eigenvalue weighted by atomic mass is 16.5. The zero-order valence-electron chi connectivity index (χ0n) is 17.2. The van der Waals surface area contributed by atoms with Gasteiger partial charge in [0.1, 0.15) is 0 Å². The first kappa shape index (κ1) is 21.4. The fraction of sp³-hybridized carbons (Fsp3) is 0.364. The van der Waals surface area contributed by atoms with Crippen molar-refractivity contribution in [3.05, 3.63) is 65.2 Å². The molecule has 28 heavy (non-hydrogen) atoms. The maximum absolute atomic E-state index is 12.7. The summed E-state index contributed by atoms with van der Waals surface area (Å²) in [5.74, 6) is 0.179. The SMILES string of the molecule is CCN(C(=O)N=C(N)N(C)CCOCc1ccccc1)c1c(C)cccc1C. The number of guanidine groups is 1. The number of carbonyl (C=O) groups excluding carboxylic acids is 1. The number of hydrogen-bond donors (Lipinski definition) is 1. The number of benzene rings is 2. The number of aryl methyl sites for hydroxylation is 2. The van der Waals surface area contributed by atoms with Crippen LogP contribution in [0.3, 0.4) is 0 Å². The molecule has 0 unspecified atom stereocenters. The summed E-state index contributed by atoms with van der Waals surface area (Å²) in [6.07, 6.45) is 0. The third kappa shape index (κ3) is 5.82. The van der Waals surface area contributed by atoms with Gasteiger partial charge in [-0.1, -0.05) is 48.5 Å². The highest BCUT2D eigenvalue weighted by Gasteiger charge is 2.18. The Labute approximate surface area is 167 Å². The molecule has 2 amide bonds. The number of para-hydroxylation sites is 1. The first-order chi connectivity index (χ1) is 13.4. The molecule has 0 aliphatic carbocycles. The molecular weight excluding hydrogens is 352 g/mol. The van der Waals surface area contributed by atoms with Gasteiger partial charge in [-0.15, -0.1) is 0 Å². The number of likely N-dealkylation sites (N-methyl/N-ethyl adjacent to an activating group) is 1. The second-order valence-corrected chi connectivity index (χ2v) is 6.70. The van der Waals surface area contributed by atoms with Crippen molar-refractivity contribution in [2.75, 3.05) is 31.6 Å². The van der Waals surface area contributed by atoms with E-state index in [0.29, 0.717) is 26.3 Å². The summed E-state index contributed by atoms with van der Waals surface area (Å²) >= 11 is 0. The monoisotopic (exact) mass is 382 g/mol. The smallest absolute Gasteiger partial charge is 0.351 e. The Morgan fingerprint density at radius 2 is 1.71 bits per heavy atom. The van der Waals surface area contributed by atoms with Crippen molar-refractivity contribution in [3.8, 4) is 0 Å². The van der Waals surface area contributed by atoms with E-state index in [1.807, 2.05) is 69.3 Å². The van der Waals surface area contributed by atoms with Crippen LogP contribution < -0.4 is 10.6 Å². The molecule has 2 rings (SSSR count). The number of carbonyl (C=O) groups is 1. The van der Waals surface area contributed by atoms with Crippen molar-refractivity contribution in [1.82, 2.24) is 4.90 Å². The van der Waals surface area contributed by atoms with E-state index >= 15 is 0 Å². The molecule has 0 heterocycles. The largest absolute Gasteiger partial charge is 0.375 e. The van der Waals surface area contributed by atoms with Gasteiger partial charge < -0.3 is 15.4 Å². The third-order valence-electron chi connectivity index (χ3n) is 4.54. The molecular formula is C22H30N4O2. The maximum atomic E-state index is 12.7. The number of urea groups is 1. The Kier molecular flexibility index (Phi) is 8.02. The number of amides is 2. The van der Waals surface area contributed by atoms with Crippen LogP contribution in [0, 0.1) is 13.8 Å². The Morgan fingerprint density at radius 1 is 1.07 bits per heavy atom. The number of ether oxygens (including phenoxy) is 1. The summed E-state index contributed by atoms with van der Waals surface area (Å²) < 4.78 is 5.67. The highest BCUT2D eigenvalue weighted by Crippen LogP contribution is 2.25. The van der Waals surface area contributed by atoms with Crippen LogP contribution in [0.2, 0.25) is 0 Å². The molecule has 0 saturated heterocycles. The minimum Gasteiger partial charge on any atom is -0.375 e. The molecule has 0 bridgehead atoms. The Bertz CT molecular complexity index is 785. The van der Waals surface area contributed by atoms with E-state index in [2.05, 4.69) is 4.99 Å². The van der Waals surface area contributed by atoms with E-state index in [0.717, 1.165) is 22.4 Å². The van der Waals surface area contributed by atoms with Crippen molar-refractivity contribution in [1.29, 1.82) is 0 Å². The zero-order chi connectivity index (χ0) is 20.5. The van der Waals surface area contributed by atoms with E-state index in [9.17, 15) is 4.79 Å². The summed E-state index contributed by atoms with van der Waals surface area (Å²) in [4.78, 5) is 20.2. The molecule has 0 saturated carbocycles. The number of anilines is 1. The lowest BCUT2D eigenvalue weighted by Crippen LogP contribution is -2.39. The van der Waals surface area contributed by atoms with Crippen molar-refractivity contribution in [3.63, 3.8) is 0 Å². The molecule has 0 fully saturated rings. The van der Waals surface area contributed by atoms with Gasteiger partial charge in [-0.2, -0.15) is 4.99 Å². The summed E-state index contributed by atoms with van der Waals surface area (Å²) in [6, 6.07) is 15.6. The van der Waals surface area contributed by atoms with Crippen LogP contribution in [-0.2, 0) is 11.3 Å². The van der Waals surface area contributed by atoms with Crippen LogP contribution in [0.4, 0.5) is 10.5 Å². The lowest BCUT2D eigenvalue weighted by atomic mass is 10.1. The lowest BCUT2D eigenvalue weighted by Gasteiger charge is -2.24. The fourth-order valence-corrected chi connectivity index (χ4v) is 2.94. The van der Waals surface area contributed by atoms with Gasteiger partial charge in [-0.25, -0.2) is 4.79 Å². The van der Waals surface area contributed by atoms with Gasteiger partial charge in [-0.3, -0.25) is 4.90 Å². The lowest BCUT2D eigenvalue weighted by molar-refractivity contribution is 0.111. The van der Waals surface area contributed by atoms with E-state index in [-0.39, 0.29) is 12.0 Å². The van der Waals surface area contributed by atoms with Gasteiger partial charge in [0, 0.05) is 20.1 Å². The van der Waals surface area contributed by atoms with Gasteiger partial charge in [0.15, 0.2) is 0 Å². The Balaban J connectivity index is 1.93. The molecule has 0 spiro atoms. The number of hydrogen-bond acceptors (Lipinski definition) is 2. The Hall–Kier alpha value is -2.86. The predicted molar refractivity (Wildman–Crippen MR) is 115 cm³/mol. The molecule has 0 atom stereocenters. The molecule has 0 aliphatic heterocycles. The normalized spacial score (nSPS) is 11.4. The molecule has 0 aliphatic rings. The molecule has 6 heteroatoms. The quantitative estimate of drug-likeness (QED) is 0.450. The molecule has 2 N–H and O–H groups in total. The predicted octanol–water partition coefficient (Wildman–Crippen LogP) is 3.71. The van der Waals surface area contributed by atoms with E-state index < -0.39 is 0 Å². The van der Waals surface area contributed by atoms with Gasteiger partial charge in [0.2, 0.25) is 5.96 Å². The van der Waals surface area contributed by atoms with E-state index in [4.69, 9.17) is 10.5 Å². The topological polar surface area (TPSA) is 71.2 Å². The van der Waals surface area contributed by atoms with Crippen LogP contribution in [0.25, 0.3) is 0 Å². The maximum Gasteiger partial charge on any atom is 0.351 e. The summed E-state index contributed by atoms with van der Waals surface area (Å²) in [5, 5.41) is 0. The average molecular weight is 383 g/mol. The van der Waals surface area contributed by atoms with Crippen LogP contribution in [-0.4, -0.2) is 43.6 Å². The standard InChI is InChI=1S/C22H30N4O2/c1-5-26(20-17(2)10-9-11-18(20)3)22(27)24-21(23)25(4)14-15-28-16-19-12-7-6-8-13-19/h6-13H,5,14-16H2,1-4H3,(H2,23,24,27). The molecule has 0 aromatic heterocycles. The number of nitrogens with two attached hydrogens (primary N) is 1. The highest BCUT2D eigenvalue weighted by molar-refractivity contribution is 6.01. The van der Waals surface area contributed by atoms with Gasteiger partial charge in [0.25, 0.3) is 0 Å². The van der Waals surface area contributed by atoms with Gasteiger partial charge in [0.05, 0.1) is 18.9 Å². The summed E-state index contributed by atoms with van der Waals surface area (Å²) in [6.45, 7) is 8.00. The molecule has 2 aromatic rings. The molecule has 150 valence electrons. The number of aliphatic imine (C=N–C) groups is 1. The van der Waals surface area contributed by atoms with Gasteiger partial charge in [-0.05, 0) is 37.5 Å². The van der Waals surface area contributed by atoms with E-state index in [1.165, 1.54) is 0 Å². The second-order valence-electron chi connectivity index (χ2n) is 6.70. The molecule has 2 aromatic carbocycles. The molecule has 0 radical (unpaired) electrons. The van der Waals surface area contributed by atoms with Crippen LogP contribution in [0.15, 0.2) is 53.5 Å². The number of rotatable bonds is 7. The zero-order valence-corrected chi connectivity index (χ0v) is 17.2. The van der Waals surface area contributed by atoms with Crippen LogP contribution in [0.1, 0.15) is 23.6 Å². The van der Waals surface area contributed by atoms with Crippen LogP contribution in [0.5, 0.6) is 0 Å². The second kappa shape index (κ2) is 10.5. The first-order valence-electron chi connectivity index (χ1n) is 9.48. The van der Waals surface area contributed by atoms with Crippen molar-refractivity contribution in [2.24, 2.45) is 10.7 Å². The number of nitrogens with zero attached hydrogens (tertiary/aromatic N) is 3. The minimum absolute atomic E-state index is 0.179. The van der Waals surface area contributed by atoms with Crippen molar-refractivity contribution < 1.29 is 9.53 Å². The summed E-state index contributed by atoms with van der Waals surface area (Å²) in [7, 11) is 1.80. The van der Waals surface area contributed by atoms with Gasteiger partial charge >= 0.3 is 6.03 Å². The van der Waals surface area contributed by atoms with Crippen molar-refractivity contribution >= 4 is 17.7 Å². The Morgan fingerprint density at radius 3 is 2.32 bits per heavy atom. The van der Waals surface area contributed by atoms with E-state index in [1.54, 1.807) is 16.8 Å². The fourth-order valence-electron chi connectivity index (χ4n) is 2.94. The first-order valence-corrected chi connectivity index (χ1v) is 9.48. The van der Waals surface area contributed by atoms with Crippen LogP contribution >= 0.6 is 0 Å².